The molecular weight excluding hydrogens is 374 g/mol. The molecule has 0 saturated carbocycles. The van der Waals surface area contributed by atoms with Gasteiger partial charge in [-0.3, -0.25) is 9.59 Å². The van der Waals surface area contributed by atoms with Crippen LogP contribution in [-0.2, 0) is 16.6 Å². The molecule has 0 aliphatic rings. The largest absolute Gasteiger partial charge is 0.399 e. The molecule has 0 aliphatic heterocycles. The molecule has 2 amide bonds. The number of nitrogens with one attached hydrogen (secondary N) is 2. The monoisotopic (exact) mass is 403 g/mol. The number of carbonyl (C=O) groups excluding carboxylic acids is 2. The van der Waals surface area contributed by atoms with Gasteiger partial charge in [0.15, 0.2) is 0 Å². The van der Waals surface area contributed by atoms with Crippen LogP contribution >= 0.6 is 12.4 Å². The number of nitrogens with two attached hydrogens (primary N) is 1. The van der Waals surface area contributed by atoms with E-state index in [1.54, 1.807) is 0 Å². The molecule has 6 heteroatoms. The summed E-state index contributed by atoms with van der Waals surface area (Å²) < 4.78 is 0. The van der Waals surface area contributed by atoms with Crippen LogP contribution in [0.25, 0.3) is 0 Å². The molecule has 0 fully saturated rings. The molecule has 0 radical (unpaired) electrons. The smallest absolute Gasteiger partial charge is 0.251 e. The van der Waals surface area contributed by atoms with E-state index in [4.69, 9.17) is 5.73 Å². The zero-order valence-electron chi connectivity index (χ0n) is 16.7. The highest BCUT2D eigenvalue weighted by atomic mass is 35.5. The molecule has 0 unspecified atom stereocenters. The summed E-state index contributed by atoms with van der Waals surface area (Å²) in [4.78, 5) is 24.0. The molecule has 0 saturated heterocycles. The van der Waals surface area contributed by atoms with Gasteiger partial charge in [0.2, 0.25) is 5.91 Å². The highest BCUT2D eigenvalue weighted by molar-refractivity contribution is 5.94. The van der Waals surface area contributed by atoms with Gasteiger partial charge < -0.3 is 16.4 Å². The van der Waals surface area contributed by atoms with Gasteiger partial charge >= 0.3 is 0 Å². The predicted molar refractivity (Wildman–Crippen MR) is 117 cm³/mol. The Balaban J connectivity index is 0.00000392. The topological polar surface area (TPSA) is 84.2 Å². The number of anilines is 1. The minimum Gasteiger partial charge on any atom is -0.399 e. The van der Waals surface area contributed by atoms with Gasteiger partial charge in [-0.15, -0.1) is 12.4 Å². The fourth-order valence-corrected chi connectivity index (χ4v) is 2.63. The lowest BCUT2D eigenvalue weighted by molar-refractivity contribution is -0.120. The SMILES string of the molecule is CC(C)(C)c1ccc(C(=O)NCCC(=O)NCCc2ccc(N)cc2)cc1.Cl. The number of carbonyl (C=O) groups is 2. The lowest BCUT2D eigenvalue weighted by Crippen LogP contribution is -2.31. The molecule has 0 heterocycles. The summed E-state index contributed by atoms with van der Waals surface area (Å²) in [6.45, 7) is 7.27. The number of hydrogen-bond donors (Lipinski definition) is 3. The van der Waals surface area contributed by atoms with Crippen LogP contribution in [-0.4, -0.2) is 24.9 Å². The first-order valence-corrected chi connectivity index (χ1v) is 9.25. The molecule has 0 bridgehead atoms. The van der Waals surface area contributed by atoms with Crippen molar-refractivity contribution in [2.45, 2.75) is 39.0 Å². The maximum Gasteiger partial charge on any atom is 0.251 e. The van der Waals surface area contributed by atoms with E-state index in [-0.39, 0.29) is 36.1 Å². The van der Waals surface area contributed by atoms with Gasteiger partial charge in [0.25, 0.3) is 5.91 Å². The maximum absolute atomic E-state index is 12.2. The van der Waals surface area contributed by atoms with E-state index in [9.17, 15) is 9.59 Å². The second-order valence-corrected chi connectivity index (χ2v) is 7.67. The van der Waals surface area contributed by atoms with E-state index in [1.807, 2.05) is 48.5 Å². The molecular formula is C22H30ClN3O2. The minimum absolute atomic E-state index is 0. The standard InChI is InChI=1S/C22H29N3O2.ClH/c1-22(2,3)18-8-6-17(7-9-18)21(27)25-15-13-20(26)24-14-12-16-4-10-19(23)11-5-16;/h4-11H,12-15,23H2,1-3H3,(H,24,26)(H,25,27);1H. The molecule has 5 nitrogen and oxygen atoms in total. The van der Waals surface area contributed by atoms with Gasteiger partial charge in [-0.05, 0) is 47.2 Å². The molecule has 152 valence electrons. The van der Waals surface area contributed by atoms with E-state index < -0.39 is 0 Å². The van der Waals surface area contributed by atoms with Crippen LogP contribution < -0.4 is 16.4 Å². The third-order valence-corrected chi connectivity index (χ3v) is 4.37. The van der Waals surface area contributed by atoms with Gasteiger partial charge in [-0.25, -0.2) is 0 Å². The number of halogens is 1. The summed E-state index contributed by atoms with van der Waals surface area (Å²) in [6.07, 6.45) is 1.01. The van der Waals surface area contributed by atoms with Crippen molar-refractivity contribution in [2.75, 3.05) is 18.8 Å². The molecule has 0 aromatic heterocycles. The van der Waals surface area contributed by atoms with E-state index in [0.29, 0.717) is 18.7 Å². The number of nitrogen functional groups attached to an aromatic ring is 1. The zero-order chi connectivity index (χ0) is 19.9. The second-order valence-electron chi connectivity index (χ2n) is 7.67. The summed E-state index contributed by atoms with van der Waals surface area (Å²) >= 11 is 0. The normalized spacial score (nSPS) is 10.7. The Bertz CT molecular complexity index is 766. The summed E-state index contributed by atoms with van der Waals surface area (Å²) in [5.41, 5.74) is 9.34. The average molecular weight is 404 g/mol. The average Bonchev–Trinajstić information content (AvgIpc) is 2.62. The van der Waals surface area contributed by atoms with E-state index >= 15 is 0 Å². The van der Waals surface area contributed by atoms with Gasteiger partial charge in [-0.1, -0.05) is 45.0 Å². The van der Waals surface area contributed by atoms with Crippen molar-refractivity contribution < 1.29 is 9.59 Å². The van der Waals surface area contributed by atoms with Crippen LogP contribution in [0.4, 0.5) is 5.69 Å². The molecule has 0 atom stereocenters. The van der Waals surface area contributed by atoms with Crippen molar-refractivity contribution in [3.05, 3.63) is 65.2 Å². The fraction of sp³-hybridized carbons (Fsp3) is 0.364. The van der Waals surface area contributed by atoms with Crippen molar-refractivity contribution in [3.8, 4) is 0 Å². The highest BCUT2D eigenvalue weighted by Crippen LogP contribution is 2.22. The minimum atomic E-state index is -0.162. The zero-order valence-corrected chi connectivity index (χ0v) is 17.6. The van der Waals surface area contributed by atoms with Gasteiger partial charge in [0, 0.05) is 30.8 Å². The maximum atomic E-state index is 12.2. The summed E-state index contributed by atoms with van der Waals surface area (Å²) in [5.74, 6) is -0.237. The summed E-state index contributed by atoms with van der Waals surface area (Å²) in [5, 5.41) is 5.65. The summed E-state index contributed by atoms with van der Waals surface area (Å²) in [7, 11) is 0. The van der Waals surface area contributed by atoms with E-state index in [0.717, 1.165) is 17.7 Å². The lowest BCUT2D eigenvalue weighted by Gasteiger charge is -2.19. The van der Waals surface area contributed by atoms with Crippen molar-refractivity contribution in [1.82, 2.24) is 10.6 Å². The van der Waals surface area contributed by atoms with Gasteiger partial charge in [0.05, 0.1) is 0 Å². The first-order valence-electron chi connectivity index (χ1n) is 9.25. The Morgan fingerprint density at radius 2 is 1.50 bits per heavy atom. The molecule has 28 heavy (non-hydrogen) atoms. The lowest BCUT2D eigenvalue weighted by atomic mass is 9.87. The Morgan fingerprint density at radius 3 is 2.07 bits per heavy atom. The molecule has 2 aromatic rings. The second kappa shape index (κ2) is 10.7. The molecule has 0 spiro atoms. The van der Waals surface area contributed by atoms with E-state index in [2.05, 4.69) is 31.4 Å². The number of hydrogen-bond acceptors (Lipinski definition) is 3. The number of rotatable bonds is 7. The van der Waals surface area contributed by atoms with Crippen molar-refractivity contribution in [1.29, 1.82) is 0 Å². The quantitative estimate of drug-likeness (QED) is 0.619. The van der Waals surface area contributed by atoms with Crippen LogP contribution in [0.15, 0.2) is 48.5 Å². The third kappa shape index (κ3) is 7.61. The third-order valence-electron chi connectivity index (χ3n) is 4.37. The Kier molecular flexibility index (Phi) is 9.00. The van der Waals surface area contributed by atoms with E-state index in [1.165, 1.54) is 5.56 Å². The van der Waals surface area contributed by atoms with Crippen LogP contribution in [0.1, 0.15) is 48.7 Å². The van der Waals surface area contributed by atoms with Crippen molar-refractivity contribution >= 4 is 29.9 Å². The van der Waals surface area contributed by atoms with Crippen LogP contribution in [0.2, 0.25) is 0 Å². The number of amides is 2. The molecule has 2 rings (SSSR count). The molecule has 0 aliphatic carbocycles. The molecule has 4 N–H and O–H groups in total. The fourth-order valence-electron chi connectivity index (χ4n) is 2.63. The Hall–Kier alpha value is -2.53. The van der Waals surface area contributed by atoms with Gasteiger partial charge in [-0.2, -0.15) is 0 Å². The Morgan fingerprint density at radius 1 is 0.893 bits per heavy atom. The molecule has 2 aromatic carbocycles. The van der Waals surface area contributed by atoms with Crippen molar-refractivity contribution in [3.63, 3.8) is 0 Å². The van der Waals surface area contributed by atoms with Crippen molar-refractivity contribution in [2.24, 2.45) is 0 Å². The summed E-state index contributed by atoms with van der Waals surface area (Å²) in [6, 6.07) is 15.2. The van der Waals surface area contributed by atoms with Crippen LogP contribution in [0.3, 0.4) is 0 Å². The first kappa shape index (κ1) is 23.5. The Labute approximate surface area is 173 Å². The predicted octanol–water partition coefficient (Wildman–Crippen LogP) is 3.47. The first-order chi connectivity index (χ1) is 12.8. The van der Waals surface area contributed by atoms with Crippen LogP contribution in [0.5, 0.6) is 0 Å². The van der Waals surface area contributed by atoms with Gasteiger partial charge in [0.1, 0.15) is 0 Å². The van der Waals surface area contributed by atoms with Crippen LogP contribution in [0, 0.1) is 0 Å². The highest BCUT2D eigenvalue weighted by Gasteiger charge is 2.14. The number of benzene rings is 2.